The number of esters is 1. The van der Waals surface area contributed by atoms with Gasteiger partial charge in [-0.25, -0.2) is 4.79 Å². The number of hydrogen-bond donors (Lipinski definition) is 1. The summed E-state index contributed by atoms with van der Waals surface area (Å²) in [4.78, 5) is 23.6. The van der Waals surface area contributed by atoms with E-state index in [-0.39, 0.29) is 22.3 Å². The van der Waals surface area contributed by atoms with Gasteiger partial charge in [-0.3, -0.25) is 4.79 Å². The van der Waals surface area contributed by atoms with Crippen LogP contribution < -0.4 is 11.3 Å². The van der Waals surface area contributed by atoms with E-state index in [4.69, 9.17) is 5.73 Å². The number of methoxy groups -OCH3 is 1. The summed E-state index contributed by atoms with van der Waals surface area (Å²) in [6.45, 7) is 3.62. The predicted molar refractivity (Wildman–Crippen MR) is 64.1 cm³/mol. The molecule has 0 aliphatic heterocycles. The summed E-state index contributed by atoms with van der Waals surface area (Å²) in [5.74, 6) is -0.511. The Kier molecular flexibility index (Phi) is 2.49. The largest absolute Gasteiger partial charge is 0.465 e. The number of aromatic nitrogens is 1. The second kappa shape index (κ2) is 3.61. The molecule has 1 heterocycles. The van der Waals surface area contributed by atoms with Crippen LogP contribution >= 0.6 is 0 Å². The maximum atomic E-state index is 12.1. The van der Waals surface area contributed by atoms with E-state index < -0.39 is 5.97 Å². The van der Waals surface area contributed by atoms with Gasteiger partial charge in [-0.2, -0.15) is 0 Å². The van der Waals surface area contributed by atoms with E-state index in [0.717, 1.165) is 12.8 Å². The van der Waals surface area contributed by atoms with Crippen LogP contribution in [0.5, 0.6) is 0 Å². The van der Waals surface area contributed by atoms with Crippen LogP contribution in [-0.4, -0.2) is 17.6 Å². The molecule has 0 unspecified atom stereocenters. The lowest BCUT2D eigenvalue weighted by molar-refractivity contribution is 0.0600. The smallest absolute Gasteiger partial charge is 0.341 e. The van der Waals surface area contributed by atoms with Crippen LogP contribution in [0.1, 0.15) is 35.7 Å². The van der Waals surface area contributed by atoms with Crippen molar-refractivity contribution in [3.63, 3.8) is 0 Å². The second-order valence-electron chi connectivity index (χ2n) is 4.75. The molecule has 0 aromatic carbocycles. The normalized spacial score (nSPS) is 16.6. The van der Waals surface area contributed by atoms with Crippen molar-refractivity contribution < 1.29 is 9.53 Å². The maximum absolute atomic E-state index is 12.1. The van der Waals surface area contributed by atoms with Crippen molar-refractivity contribution >= 4 is 11.7 Å². The van der Waals surface area contributed by atoms with Crippen LogP contribution in [0.2, 0.25) is 0 Å². The van der Waals surface area contributed by atoms with Crippen molar-refractivity contribution in [1.82, 2.24) is 4.57 Å². The molecule has 1 aromatic heterocycles. The average Bonchev–Trinajstić information content (AvgIpc) is 3.04. The molecule has 17 heavy (non-hydrogen) atoms. The van der Waals surface area contributed by atoms with E-state index in [0.29, 0.717) is 5.56 Å². The van der Waals surface area contributed by atoms with Crippen molar-refractivity contribution in [1.29, 1.82) is 0 Å². The van der Waals surface area contributed by atoms with Gasteiger partial charge in [0.05, 0.1) is 18.4 Å². The van der Waals surface area contributed by atoms with Crippen LogP contribution in [-0.2, 0) is 10.3 Å². The van der Waals surface area contributed by atoms with E-state index in [1.807, 2.05) is 6.92 Å². The first-order valence-corrected chi connectivity index (χ1v) is 5.51. The van der Waals surface area contributed by atoms with Gasteiger partial charge in [-0.05, 0) is 26.7 Å². The fourth-order valence-electron chi connectivity index (χ4n) is 1.85. The third-order valence-corrected chi connectivity index (χ3v) is 3.45. The average molecular weight is 236 g/mol. The molecule has 1 aromatic rings. The summed E-state index contributed by atoms with van der Waals surface area (Å²) in [5, 5.41) is 0. The fraction of sp³-hybridized carbons (Fsp3) is 0.500. The van der Waals surface area contributed by atoms with Gasteiger partial charge >= 0.3 is 5.97 Å². The molecular weight excluding hydrogens is 220 g/mol. The SMILES string of the molecule is COC(=O)c1cn(C2(C)CC2)c(=O)c(C)c1N. The molecule has 92 valence electrons. The molecule has 0 spiro atoms. The summed E-state index contributed by atoms with van der Waals surface area (Å²) in [6.07, 6.45) is 3.40. The number of nitrogen functional groups attached to an aromatic ring is 1. The monoisotopic (exact) mass is 236 g/mol. The fourth-order valence-corrected chi connectivity index (χ4v) is 1.85. The van der Waals surface area contributed by atoms with Gasteiger partial charge in [-0.1, -0.05) is 0 Å². The van der Waals surface area contributed by atoms with Crippen LogP contribution in [0.3, 0.4) is 0 Å². The van der Waals surface area contributed by atoms with E-state index in [1.165, 1.54) is 13.3 Å². The molecule has 5 heteroatoms. The predicted octanol–water partition coefficient (Wildman–Crippen LogP) is 1.03. The second-order valence-corrected chi connectivity index (χ2v) is 4.75. The topological polar surface area (TPSA) is 74.3 Å². The molecule has 2 N–H and O–H groups in total. The Hall–Kier alpha value is -1.78. The zero-order valence-electron chi connectivity index (χ0n) is 10.2. The molecule has 0 amide bonds. The Bertz CT molecular complexity index is 541. The summed E-state index contributed by atoms with van der Waals surface area (Å²) in [7, 11) is 1.30. The van der Waals surface area contributed by atoms with Gasteiger partial charge in [0.2, 0.25) is 0 Å². The number of nitrogens with zero attached hydrogens (tertiary/aromatic N) is 1. The molecule has 1 aliphatic carbocycles. The Morgan fingerprint density at radius 2 is 2.12 bits per heavy atom. The summed E-state index contributed by atoms with van der Waals surface area (Å²) in [5.41, 5.74) is 6.36. The molecule has 0 bridgehead atoms. The first kappa shape index (κ1) is 11.7. The Morgan fingerprint density at radius 3 is 2.59 bits per heavy atom. The van der Waals surface area contributed by atoms with Crippen molar-refractivity contribution in [2.45, 2.75) is 32.2 Å². The molecule has 0 radical (unpaired) electrons. The molecule has 1 fully saturated rings. The third-order valence-electron chi connectivity index (χ3n) is 3.45. The van der Waals surface area contributed by atoms with Crippen molar-refractivity contribution in [2.24, 2.45) is 0 Å². The number of anilines is 1. The Morgan fingerprint density at radius 1 is 1.53 bits per heavy atom. The third kappa shape index (κ3) is 1.71. The maximum Gasteiger partial charge on any atom is 0.341 e. The number of nitrogens with two attached hydrogens (primary N) is 1. The number of hydrogen-bond acceptors (Lipinski definition) is 4. The lowest BCUT2D eigenvalue weighted by Gasteiger charge is -2.17. The molecule has 0 saturated heterocycles. The van der Waals surface area contributed by atoms with Crippen LogP contribution in [0.25, 0.3) is 0 Å². The van der Waals surface area contributed by atoms with E-state index in [1.54, 1.807) is 11.5 Å². The van der Waals surface area contributed by atoms with Gasteiger partial charge in [0.25, 0.3) is 5.56 Å². The molecule has 5 nitrogen and oxygen atoms in total. The Balaban J connectivity index is 2.67. The van der Waals surface area contributed by atoms with E-state index in [2.05, 4.69) is 4.74 Å². The van der Waals surface area contributed by atoms with E-state index >= 15 is 0 Å². The summed E-state index contributed by atoms with van der Waals surface area (Å²) < 4.78 is 6.27. The molecular formula is C12H16N2O3. The van der Waals surface area contributed by atoms with Crippen LogP contribution in [0, 0.1) is 6.92 Å². The number of carbonyl (C=O) groups is 1. The lowest BCUT2D eigenvalue weighted by Crippen LogP contribution is -2.31. The minimum absolute atomic E-state index is 0.129. The standard InChI is InChI=1S/C12H16N2O3/c1-7-9(13)8(11(16)17-3)6-14(10(7)15)12(2)4-5-12/h6H,4-5,13H2,1-3H3. The minimum atomic E-state index is -0.511. The van der Waals surface area contributed by atoms with Gasteiger partial charge in [0.1, 0.15) is 0 Å². The number of carbonyl (C=O) groups excluding carboxylic acids is 1. The van der Waals surface area contributed by atoms with Crippen molar-refractivity contribution in [3.05, 3.63) is 27.7 Å². The van der Waals surface area contributed by atoms with E-state index in [9.17, 15) is 9.59 Å². The molecule has 1 aliphatic rings. The van der Waals surface area contributed by atoms with Crippen LogP contribution in [0.15, 0.2) is 11.0 Å². The molecule has 2 rings (SSSR count). The minimum Gasteiger partial charge on any atom is -0.465 e. The number of rotatable bonds is 2. The first-order chi connectivity index (χ1) is 7.90. The highest BCUT2D eigenvalue weighted by Crippen LogP contribution is 2.42. The highest BCUT2D eigenvalue weighted by Gasteiger charge is 2.40. The number of pyridine rings is 1. The summed E-state index contributed by atoms with van der Waals surface area (Å²) in [6, 6.07) is 0. The van der Waals surface area contributed by atoms with Gasteiger partial charge in [0, 0.05) is 17.3 Å². The Labute approximate surface area is 99.2 Å². The van der Waals surface area contributed by atoms with Crippen molar-refractivity contribution in [3.8, 4) is 0 Å². The highest BCUT2D eigenvalue weighted by molar-refractivity contribution is 5.95. The van der Waals surface area contributed by atoms with Crippen LogP contribution in [0.4, 0.5) is 5.69 Å². The van der Waals surface area contributed by atoms with Gasteiger partial charge < -0.3 is 15.0 Å². The lowest BCUT2D eigenvalue weighted by atomic mass is 10.1. The zero-order chi connectivity index (χ0) is 12.8. The summed E-state index contributed by atoms with van der Waals surface area (Å²) >= 11 is 0. The first-order valence-electron chi connectivity index (χ1n) is 5.51. The quantitative estimate of drug-likeness (QED) is 0.778. The van der Waals surface area contributed by atoms with Crippen molar-refractivity contribution in [2.75, 3.05) is 12.8 Å². The highest BCUT2D eigenvalue weighted by atomic mass is 16.5. The number of ether oxygens (including phenoxy) is 1. The zero-order valence-corrected chi connectivity index (χ0v) is 10.2. The molecule has 0 atom stereocenters. The van der Waals surface area contributed by atoms with Gasteiger partial charge in [-0.15, -0.1) is 0 Å². The molecule has 1 saturated carbocycles. The van der Waals surface area contributed by atoms with Gasteiger partial charge in [0.15, 0.2) is 0 Å².